The van der Waals surface area contributed by atoms with E-state index in [1.807, 2.05) is 31.2 Å². The largest absolute Gasteiger partial charge is 0.494 e. The molecule has 0 amide bonds. The number of anilines is 1. The molecule has 1 aromatic carbocycles. The second-order valence-electron chi connectivity index (χ2n) is 6.01. The summed E-state index contributed by atoms with van der Waals surface area (Å²) in [6.45, 7) is 4.91. The van der Waals surface area contributed by atoms with E-state index in [9.17, 15) is 0 Å². The first kappa shape index (κ1) is 18.0. The van der Waals surface area contributed by atoms with E-state index >= 15 is 0 Å². The third-order valence-electron chi connectivity index (χ3n) is 3.81. The maximum atomic E-state index is 5.77. The number of imidazole rings is 1. The van der Waals surface area contributed by atoms with E-state index in [0.29, 0.717) is 5.95 Å². The molecule has 0 aliphatic heterocycles. The highest BCUT2D eigenvalue weighted by Crippen LogP contribution is 2.13. The van der Waals surface area contributed by atoms with Crippen LogP contribution < -0.4 is 10.5 Å². The minimum Gasteiger partial charge on any atom is -0.494 e. The van der Waals surface area contributed by atoms with Crippen LogP contribution in [0.15, 0.2) is 35.6 Å². The molecule has 0 bridgehead atoms. The molecule has 0 radical (unpaired) electrons. The van der Waals surface area contributed by atoms with Crippen LogP contribution in [0.25, 0.3) is 0 Å². The van der Waals surface area contributed by atoms with Crippen LogP contribution in [0.1, 0.15) is 56.7 Å². The van der Waals surface area contributed by atoms with Crippen LogP contribution in [0.3, 0.4) is 0 Å². The van der Waals surface area contributed by atoms with Crippen molar-refractivity contribution in [3.63, 3.8) is 0 Å². The Labute approximate surface area is 144 Å². The first-order valence-electron chi connectivity index (χ1n) is 8.77. The smallest absolute Gasteiger partial charge is 0.221 e. The van der Waals surface area contributed by atoms with Gasteiger partial charge in [0.15, 0.2) is 0 Å². The van der Waals surface area contributed by atoms with E-state index in [0.717, 1.165) is 30.0 Å². The van der Waals surface area contributed by atoms with Gasteiger partial charge in [0.2, 0.25) is 5.95 Å². The second kappa shape index (κ2) is 9.75. The second-order valence-corrected chi connectivity index (χ2v) is 6.01. The molecular weight excluding hydrogens is 300 g/mol. The molecule has 0 unspecified atom stereocenters. The average molecular weight is 328 g/mol. The summed E-state index contributed by atoms with van der Waals surface area (Å²) in [5, 5.41) is 4.30. The fraction of sp³-hybridized carbons (Fsp3) is 0.474. The molecule has 0 saturated carbocycles. The molecule has 24 heavy (non-hydrogen) atoms. The number of unbranched alkanes of at least 4 members (excludes halogenated alkanes) is 5. The Balaban J connectivity index is 1.73. The third kappa shape index (κ3) is 6.07. The number of ether oxygens (including phenoxy) is 1. The minimum absolute atomic E-state index is 0.391. The molecule has 0 aliphatic rings. The lowest BCUT2D eigenvalue weighted by Gasteiger charge is -2.06. The summed E-state index contributed by atoms with van der Waals surface area (Å²) in [4.78, 5) is 4.11. The topological polar surface area (TPSA) is 65.4 Å². The van der Waals surface area contributed by atoms with E-state index in [2.05, 4.69) is 17.0 Å². The molecular formula is C19H28N4O. The van der Waals surface area contributed by atoms with Crippen molar-refractivity contribution in [3.05, 3.63) is 41.7 Å². The van der Waals surface area contributed by atoms with Crippen molar-refractivity contribution in [3.8, 4) is 5.75 Å². The van der Waals surface area contributed by atoms with Crippen molar-refractivity contribution in [2.45, 2.75) is 52.4 Å². The molecule has 130 valence electrons. The number of nitrogen functional groups attached to an aromatic ring is 1. The van der Waals surface area contributed by atoms with Crippen molar-refractivity contribution in [1.82, 2.24) is 9.66 Å². The fourth-order valence-corrected chi connectivity index (χ4v) is 2.45. The number of benzene rings is 1. The van der Waals surface area contributed by atoms with Crippen LogP contribution in [-0.2, 0) is 0 Å². The van der Waals surface area contributed by atoms with Crippen LogP contribution in [-0.4, -0.2) is 22.5 Å². The SMILES string of the molecule is CCCCCCCCOc1ccc(C=Nn2cc(C)nc2N)cc1. The van der Waals surface area contributed by atoms with Crippen LogP contribution >= 0.6 is 0 Å². The lowest BCUT2D eigenvalue weighted by molar-refractivity contribution is 0.304. The zero-order valence-corrected chi connectivity index (χ0v) is 14.7. The van der Waals surface area contributed by atoms with E-state index in [1.165, 1.54) is 32.1 Å². The highest BCUT2D eigenvalue weighted by molar-refractivity contribution is 5.79. The lowest BCUT2D eigenvalue weighted by atomic mass is 10.1. The zero-order valence-electron chi connectivity index (χ0n) is 14.7. The van der Waals surface area contributed by atoms with Gasteiger partial charge in [-0.05, 0) is 43.2 Å². The van der Waals surface area contributed by atoms with Gasteiger partial charge in [0.05, 0.1) is 24.7 Å². The zero-order chi connectivity index (χ0) is 17.2. The molecule has 2 N–H and O–H groups in total. The van der Waals surface area contributed by atoms with Crippen LogP contribution in [0.4, 0.5) is 5.95 Å². The molecule has 0 spiro atoms. The predicted molar refractivity (Wildman–Crippen MR) is 99.7 cm³/mol. The maximum Gasteiger partial charge on any atom is 0.221 e. The lowest BCUT2D eigenvalue weighted by Crippen LogP contribution is -1.98. The molecule has 1 aromatic heterocycles. The number of nitrogens with zero attached hydrogens (tertiary/aromatic N) is 3. The molecule has 2 aromatic rings. The molecule has 1 heterocycles. The summed E-state index contributed by atoms with van der Waals surface area (Å²) in [5.74, 6) is 1.29. The molecule has 2 rings (SSSR count). The number of aryl methyl sites for hydroxylation is 1. The molecule has 5 heteroatoms. The van der Waals surface area contributed by atoms with Gasteiger partial charge in [0, 0.05) is 0 Å². The van der Waals surface area contributed by atoms with Crippen molar-refractivity contribution in [2.24, 2.45) is 5.10 Å². The van der Waals surface area contributed by atoms with Crippen molar-refractivity contribution in [2.75, 3.05) is 12.3 Å². The number of hydrogen-bond acceptors (Lipinski definition) is 4. The van der Waals surface area contributed by atoms with E-state index in [1.54, 1.807) is 17.1 Å². The standard InChI is InChI=1S/C19H28N4O/c1-3-4-5-6-7-8-13-24-18-11-9-17(10-12-18)14-21-23-15-16(2)22-19(23)20/h9-12,14-15H,3-8,13H2,1-2H3,(H2,20,22). The fourth-order valence-electron chi connectivity index (χ4n) is 2.45. The van der Waals surface area contributed by atoms with Gasteiger partial charge in [0.25, 0.3) is 0 Å². The predicted octanol–water partition coefficient (Wildman–Crippen LogP) is 4.40. The minimum atomic E-state index is 0.391. The Kier molecular flexibility index (Phi) is 7.33. The molecule has 0 atom stereocenters. The van der Waals surface area contributed by atoms with E-state index in [-0.39, 0.29) is 0 Å². The normalized spacial score (nSPS) is 11.2. The summed E-state index contributed by atoms with van der Waals surface area (Å²) in [6, 6.07) is 7.92. The number of hydrogen-bond donors (Lipinski definition) is 1. The monoisotopic (exact) mass is 328 g/mol. The maximum absolute atomic E-state index is 5.77. The Morgan fingerprint density at radius 3 is 2.50 bits per heavy atom. The van der Waals surface area contributed by atoms with Gasteiger partial charge < -0.3 is 10.5 Å². The van der Waals surface area contributed by atoms with Gasteiger partial charge in [-0.3, -0.25) is 0 Å². The molecule has 0 saturated heterocycles. The molecule has 0 fully saturated rings. The Hall–Kier alpha value is -2.30. The van der Waals surface area contributed by atoms with Crippen molar-refractivity contribution >= 4 is 12.2 Å². The molecule has 5 nitrogen and oxygen atoms in total. The Morgan fingerprint density at radius 1 is 1.12 bits per heavy atom. The molecule has 0 aliphatic carbocycles. The van der Waals surface area contributed by atoms with Gasteiger partial charge in [-0.15, -0.1) is 0 Å². The van der Waals surface area contributed by atoms with Crippen LogP contribution in [0.2, 0.25) is 0 Å². The number of rotatable bonds is 10. The highest BCUT2D eigenvalue weighted by atomic mass is 16.5. The summed E-state index contributed by atoms with van der Waals surface area (Å²) in [7, 11) is 0. The van der Waals surface area contributed by atoms with Gasteiger partial charge in [-0.2, -0.15) is 5.10 Å². The Bertz CT molecular complexity index is 631. The summed E-state index contributed by atoms with van der Waals surface area (Å²) in [5.41, 5.74) is 7.60. The quantitative estimate of drug-likeness (QED) is 0.519. The highest BCUT2D eigenvalue weighted by Gasteiger charge is 1.99. The Morgan fingerprint density at radius 2 is 1.83 bits per heavy atom. The first-order valence-corrected chi connectivity index (χ1v) is 8.77. The van der Waals surface area contributed by atoms with Gasteiger partial charge >= 0.3 is 0 Å². The number of nitrogens with two attached hydrogens (primary N) is 1. The van der Waals surface area contributed by atoms with Crippen LogP contribution in [0, 0.1) is 6.92 Å². The van der Waals surface area contributed by atoms with Gasteiger partial charge in [0.1, 0.15) is 5.75 Å². The van der Waals surface area contributed by atoms with Gasteiger partial charge in [-0.1, -0.05) is 39.0 Å². The van der Waals surface area contributed by atoms with E-state index in [4.69, 9.17) is 10.5 Å². The van der Waals surface area contributed by atoms with Crippen molar-refractivity contribution in [1.29, 1.82) is 0 Å². The third-order valence-corrected chi connectivity index (χ3v) is 3.81. The summed E-state index contributed by atoms with van der Waals surface area (Å²) < 4.78 is 7.34. The first-order chi connectivity index (χ1) is 11.7. The summed E-state index contributed by atoms with van der Waals surface area (Å²) in [6.07, 6.45) is 11.2. The van der Waals surface area contributed by atoms with E-state index < -0.39 is 0 Å². The van der Waals surface area contributed by atoms with Gasteiger partial charge in [-0.25, -0.2) is 9.66 Å². The summed E-state index contributed by atoms with van der Waals surface area (Å²) >= 11 is 0. The number of aromatic nitrogens is 2. The van der Waals surface area contributed by atoms with Crippen molar-refractivity contribution < 1.29 is 4.74 Å². The van der Waals surface area contributed by atoms with Crippen LogP contribution in [0.5, 0.6) is 5.75 Å². The average Bonchev–Trinajstić information content (AvgIpc) is 2.91.